The van der Waals surface area contributed by atoms with Gasteiger partial charge in [0.25, 0.3) is 0 Å². The Bertz CT molecular complexity index is 706. The molecule has 0 aromatic heterocycles. The van der Waals surface area contributed by atoms with Crippen LogP contribution >= 0.6 is 0 Å². The lowest BCUT2D eigenvalue weighted by Crippen LogP contribution is -2.37. The summed E-state index contributed by atoms with van der Waals surface area (Å²) in [4.78, 5) is 10.2. The quantitative estimate of drug-likeness (QED) is 0.241. The number of ether oxygens (including phenoxy) is 2. The van der Waals surface area contributed by atoms with Gasteiger partial charge in [0.05, 0.1) is 26.4 Å². The minimum Gasteiger partial charge on any atom is -0.379 e. The van der Waals surface area contributed by atoms with Gasteiger partial charge in [-0.1, -0.05) is 89.5 Å². The summed E-state index contributed by atoms with van der Waals surface area (Å²) < 4.78 is 10.6. The van der Waals surface area contributed by atoms with Crippen LogP contribution in [0.4, 0.5) is 0 Å². The second kappa shape index (κ2) is 24.1. The Morgan fingerprint density at radius 2 is 0.604 bits per heavy atom. The van der Waals surface area contributed by atoms with E-state index >= 15 is 0 Å². The summed E-state index contributed by atoms with van der Waals surface area (Å²) in [5.41, 5.74) is 1.99. The highest BCUT2D eigenvalue weighted by molar-refractivity contribution is 4.71. The lowest BCUT2D eigenvalue weighted by atomic mass is 9.90. The lowest BCUT2D eigenvalue weighted by molar-refractivity contribution is 0.0333. The summed E-state index contributed by atoms with van der Waals surface area (Å²) in [6, 6.07) is 0. The van der Waals surface area contributed by atoms with Gasteiger partial charge in [0.15, 0.2) is 0 Å². The van der Waals surface area contributed by atoms with Crippen molar-refractivity contribution in [3.63, 3.8) is 0 Å². The third-order valence-corrected chi connectivity index (χ3v) is 9.79. The van der Waals surface area contributed by atoms with Gasteiger partial charge in [-0.25, -0.2) is 0 Å². The van der Waals surface area contributed by atoms with E-state index in [0.717, 1.165) is 52.6 Å². The van der Waals surface area contributed by atoms with Gasteiger partial charge in [-0.15, -0.1) is 0 Å². The van der Waals surface area contributed by atoms with Crippen LogP contribution in [0.2, 0.25) is 0 Å². The fourth-order valence-corrected chi connectivity index (χ4v) is 6.15. The van der Waals surface area contributed by atoms with E-state index in [0.29, 0.717) is 21.7 Å². The average Bonchev–Trinajstić information content (AvgIpc) is 3.53. The standard InChI is InChI=1S/C11H23NO.C11H23N.C10H21NO.C10H21N/c1-11(2,3)5-4-6-12-7-9-13-10-8-12;1-11(2,3)7-10-12-8-5-4-6-9-12;1-10(2,3)4-5-11-6-8-12-9-7-11;1-10(2,3)6-9-11-7-4-5-8-11/h4-10H2,1-3H3;4-10H2,1-3H3;4-9H2,1-3H3;4-9H2,1-3H3. The second-order valence-electron chi connectivity index (χ2n) is 20.0. The molecule has 0 radical (unpaired) electrons. The monoisotopic (exact) mass is 681 g/mol. The number of nitrogens with zero attached hydrogens (tertiary/aromatic N) is 4. The zero-order valence-electron chi connectivity index (χ0n) is 35.0. The minimum absolute atomic E-state index is 0.471. The van der Waals surface area contributed by atoms with E-state index in [4.69, 9.17) is 9.47 Å². The molecule has 0 aromatic rings. The first-order valence-corrected chi connectivity index (χ1v) is 20.4. The Balaban J connectivity index is 0.000000320. The summed E-state index contributed by atoms with van der Waals surface area (Å²) in [5, 5.41) is 0. The molecular formula is C42H88N4O2. The van der Waals surface area contributed by atoms with E-state index in [1.165, 1.54) is 117 Å². The van der Waals surface area contributed by atoms with Crippen molar-refractivity contribution in [3.8, 4) is 0 Å². The minimum atomic E-state index is 0.471. The maximum absolute atomic E-state index is 5.31. The summed E-state index contributed by atoms with van der Waals surface area (Å²) in [7, 11) is 0. The molecule has 0 aromatic carbocycles. The number of likely N-dealkylation sites (tertiary alicyclic amines) is 2. The molecule has 48 heavy (non-hydrogen) atoms. The molecule has 0 saturated carbocycles. The molecule has 0 N–H and O–H groups in total. The van der Waals surface area contributed by atoms with Crippen molar-refractivity contribution in [1.82, 2.24) is 19.6 Å². The highest BCUT2D eigenvalue weighted by atomic mass is 16.5. The van der Waals surface area contributed by atoms with Crippen molar-refractivity contribution in [2.24, 2.45) is 21.7 Å². The van der Waals surface area contributed by atoms with Gasteiger partial charge in [0.2, 0.25) is 0 Å². The van der Waals surface area contributed by atoms with Crippen LogP contribution in [-0.4, -0.2) is 125 Å². The van der Waals surface area contributed by atoms with E-state index in [9.17, 15) is 0 Å². The lowest BCUT2D eigenvalue weighted by Gasteiger charge is -2.29. The summed E-state index contributed by atoms with van der Waals surface area (Å²) in [5.74, 6) is 0. The molecule has 0 atom stereocenters. The van der Waals surface area contributed by atoms with Crippen molar-refractivity contribution < 1.29 is 9.47 Å². The maximum Gasteiger partial charge on any atom is 0.0594 e. The van der Waals surface area contributed by atoms with Crippen molar-refractivity contribution >= 4 is 0 Å². The molecule has 0 unspecified atom stereocenters. The number of rotatable bonds is 9. The van der Waals surface area contributed by atoms with Crippen molar-refractivity contribution in [1.29, 1.82) is 0 Å². The molecule has 4 aliphatic rings. The van der Waals surface area contributed by atoms with E-state index < -0.39 is 0 Å². The highest BCUT2D eigenvalue weighted by Crippen LogP contribution is 2.22. The molecule has 4 saturated heterocycles. The number of hydrogen-bond donors (Lipinski definition) is 0. The Morgan fingerprint density at radius 1 is 0.333 bits per heavy atom. The van der Waals surface area contributed by atoms with Gasteiger partial charge in [0, 0.05) is 26.2 Å². The number of piperidine rings is 1. The predicted molar refractivity (Wildman–Crippen MR) is 211 cm³/mol. The van der Waals surface area contributed by atoms with Crippen LogP contribution in [0.1, 0.15) is 147 Å². The number of hydrogen-bond acceptors (Lipinski definition) is 6. The topological polar surface area (TPSA) is 31.4 Å². The third-order valence-electron chi connectivity index (χ3n) is 9.79. The van der Waals surface area contributed by atoms with Gasteiger partial charge < -0.3 is 19.3 Å². The smallest absolute Gasteiger partial charge is 0.0594 e. The predicted octanol–water partition coefficient (Wildman–Crippen LogP) is 9.33. The van der Waals surface area contributed by atoms with Crippen LogP contribution in [0.3, 0.4) is 0 Å². The molecule has 6 nitrogen and oxygen atoms in total. The van der Waals surface area contributed by atoms with E-state index in [1.54, 1.807) is 0 Å². The molecule has 0 spiro atoms. The zero-order chi connectivity index (χ0) is 36.1. The van der Waals surface area contributed by atoms with E-state index in [1.807, 2.05) is 0 Å². The summed E-state index contributed by atoms with van der Waals surface area (Å²) >= 11 is 0. The van der Waals surface area contributed by atoms with Crippen LogP contribution < -0.4 is 0 Å². The first-order chi connectivity index (χ1) is 22.3. The Kier molecular flexibility index (Phi) is 23.0. The average molecular weight is 681 g/mol. The Morgan fingerprint density at radius 3 is 0.917 bits per heavy atom. The summed E-state index contributed by atoms with van der Waals surface area (Å²) in [6.45, 7) is 46.5. The van der Waals surface area contributed by atoms with Gasteiger partial charge in [0.1, 0.15) is 0 Å². The van der Waals surface area contributed by atoms with Crippen LogP contribution in [0.15, 0.2) is 0 Å². The molecule has 0 bridgehead atoms. The van der Waals surface area contributed by atoms with Gasteiger partial charge in [-0.3, -0.25) is 9.80 Å². The molecule has 4 heterocycles. The van der Waals surface area contributed by atoms with E-state index in [-0.39, 0.29) is 0 Å². The molecular weight excluding hydrogens is 592 g/mol. The largest absolute Gasteiger partial charge is 0.379 e. The first-order valence-electron chi connectivity index (χ1n) is 20.4. The molecule has 0 aliphatic carbocycles. The second-order valence-corrected chi connectivity index (χ2v) is 20.0. The third kappa shape index (κ3) is 29.5. The Hall–Kier alpha value is -0.240. The van der Waals surface area contributed by atoms with Crippen LogP contribution in [0.5, 0.6) is 0 Å². The van der Waals surface area contributed by atoms with Gasteiger partial charge in [-0.2, -0.15) is 0 Å². The normalized spacial score (nSPS) is 21.0. The SMILES string of the molecule is CC(C)(C)CCCN1CCOCC1.CC(C)(C)CCN1CCCC1.CC(C)(C)CCN1CCCCC1.CC(C)(C)CCN1CCOCC1. The molecule has 4 aliphatic heterocycles. The van der Waals surface area contributed by atoms with Gasteiger partial charge >= 0.3 is 0 Å². The fourth-order valence-electron chi connectivity index (χ4n) is 6.15. The van der Waals surface area contributed by atoms with Gasteiger partial charge in [-0.05, 0) is 132 Å². The Labute approximate surface area is 302 Å². The zero-order valence-corrected chi connectivity index (χ0v) is 35.0. The van der Waals surface area contributed by atoms with Crippen LogP contribution in [0.25, 0.3) is 0 Å². The molecule has 4 rings (SSSR count). The molecule has 0 amide bonds. The maximum atomic E-state index is 5.31. The van der Waals surface area contributed by atoms with Crippen LogP contribution in [-0.2, 0) is 9.47 Å². The highest BCUT2D eigenvalue weighted by Gasteiger charge is 2.18. The molecule has 4 fully saturated rings. The van der Waals surface area contributed by atoms with Crippen LogP contribution in [0, 0.1) is 21.7 Å². The van der Waals surface area contributed by atoms with Crippen molar-refractivity contribution in [2.75, 3.05) is 105 Å². The summed E-state index contributed by atoms with van der Waals surface area (Å²) in [6.07, 6.45) is 13.7. The fraction of sp³-hybridized carbons (Fsp3) is 1.00. The van der Waals surface area contributed by atoms with Crippen molar-refractivity contribution in [3.05, 3.63) is 0 Å². The first kappa shape index (κ1) is 45.8. The van der Waals surface area contributed by atoms with Crippen molar-refractivity contribution in [2.45, 2.75) is 147 Å². The number of morpholine rings is 2. The molecule has 6 heteroatoms. The molecule has 288 valence electrons. The van der Waals surface area contributed by atoms with E-state index in [2.05, 4.69) is 103 Å².